The summed E-state index contributed by atoms with van der Waals surface area (Å²) in [7, 11) is 0. The molecule has 2 aliphatic rings. The number of hydrogen-bond acceptors (Lipinski definition) is 3. The highest BCUT2D eigenvalue weighted by atomic mass is 32.1. The number of amides is 1. The molecule has 0 radical (unpaired) electrons. The number of carbonyl (C=O) groups excluding carboxylic acids is 1. The lowest BCUT2D eigenvalue weighted by Gasteiger charge is -2.16. The van der Waals surface area contributed by atoms with Crippen LogP contribution in [0.1, 0.15) is 18.4 Å². The summed E-state index contributed by atoms with van der Waals surface area (Å²) in [5, 5.41) is 3.75. The van der Waals surface area contributed by atoms with Crippen LogP contribution in [0, 0.1) is 24.7 Å². The van der Waals surface area contributed by atoms with Crippen molar-refractivity contribution in [3.05, 3.63) is 35.9 Å². The van der Waals surface area contributed by atoms with Gasteiger partial charge in [-0.05, 0) is 43.2 Å². The van der Waals surface area contributed by atoms with Crippen molar-refractivity contribution in [3.8, 4) is 0 Å². The molecule has 102 valence electrons. The molecule has 1 amide bonds. The number of benzene rings is 1. The van der Waals surface area contributed by atoms with Crippen molar-refractivity contribution >= 4 is 32.6 Å². The molecule has 4 heteroatoms. The van der Waals surface area contributed by atoms with Crippen LogP contribution in [0.15, 0.2) is 30.4 Å². The third kappa shape index (κ3) is 1.86. The summed E-state index contributed by atoms with van der Waals surface area (Å²) in [5.74, 6) is 1.33. The molecule has 1 heterocycles. The van der Waals surface area contributed by atoms with Gasteiger partial charge in [0.15, 0.2) is 5.13 Å². The van der Waals surface area contributed by atoms with Crippen molar-refractivity contribution in [1.29, 1.82) is 0 Å². The van der Waals surface area contributed by atoms with E-state index in [1.54, 1.807) is 11.3 Å². The summed E-state index contributed by atoms with van der Waals surface area (Å²) in [6.07, 6.45) is 6.62. The van der Waals surface area contributed by atoms with E-state index in [2.05, 4.69) is 28.5 Å². The zero-order chi connectivity index (χ0) is 13.7. The molecule has 20 heavy (non-hydrogen) atoms. The van der Waals surface area contributed by atoms with Crippen LogP contribution in [0.4, 0.5) is 5.13 Å². The predicted molar refractivity (Wildman–Crippen MR) is 81.8 cm³/mol. The third-order valence-electron chi connectivity index (χ3n) is 4.47. The first-order chi connectivity index (χ1) is 9.70. The zero-order valence-corrected chi connectivity index (χ0v) is 12.1. The Kier molecular flexibility index (Phi) is 2.67. The maximum Gasteiger partial charge on any atom is 0.229 e. The minimum atomic E-state index is 0.137. The van der Waals surface area contributed by atoms with E-state index < -0.39 is 0 Å². The number of carbonyl (C=O) groups is 1. The van der Waals surface area contributed by atoms with Gasteiger partial charge in [-0.15, -0.1) is 0 Å². The predicted octanol–water partition coefficient (Wildman–Crippen LogP) is 3.76. The molecule has 3 nitrogen and oxygen atoms in total. The molecule has 0 spiro atoms. The highest BCUT2D eigenvalue weighted by Gasteiger charge is 2.39. The topological polar surface area (TPSA) is 42.0 Å². The van der Waals surface area contributed by atoms with Gasteiger partial charge < -0.3 is 5.32 Å². The number of aromatic nitrogens is 1. The standard InChI is InChI=1S/C16H16N2OS/c1-9-3-2-4-13-14(9)17-16(20-13)18-15(19)12-8-10-5-6-11(12)7-10/h2-6,10-12H,7-8H2,1H3,(H,17,18,19)/t10?,11?,12-/m0/s1. The summed E-state index contributed by atoms with van der Waals surface area (Å²) in [6, 6.07) is 6.13. The van der Waals surface area contributed by atoms with Gasteiger partial charge in [0.25, 0.3) is 0 Å². The Morgan fingerprint density at radius 3 is 2.95 bits per heavy atom. The molecule has 1 fully saturated rings. The molecule has 4 rings (SSSR count). The fourth-order valence-corrected chi connectivity index (χ4v) is 4.37. The van der Waals surface area contributed by atoms with E-state index in [4.69, 9.17) is 0 Å². The summed E-state index contributed by atoms with van der Waals surface area (Å²) < 4.78 is 1.13. The smallest absolute Gasteiger partial charge is 0.229 e. The zero-order valence-electron chi connectivity index (χ0n) is 11.3. The minimum Gasteiger partial charge on any atom is -0.302 e. The van der Waals surface area contributed by atoms with Crippen molar-refractivity contribution in [1.82, 2.24) is 4.98 Å². The Morgan fingerprint density at radius 2 is 2.25 bits per heavy atom. The van der Waals surface area contributed by atoms with E-state index in [0.29, 0.717) is 11.8 Å². The highest BCUT2D eigenvalue weighted by molar-refractivity contribution is 7.22. The normalized spacial score (nSPS) is 27.4. The molecule has 0 saturated heterocycles. The van der Waals surface area contributed by atoms with Crippen molar-refractivity contribution in [2.75, 3.05) is 5.32 Å². The highest BCUT2D eigenvalue weighted by Crippen LogP contribution is 2.44. The fourth-order valence-electron chi connectivity index (χ4n) is 3.42. The van der Waals surface area contributed by atoms with E-state index in [-0.39, 0.29) is 11.8 Å². The number of nitrogens with one attached hydrogen (secondary N) is 1. The van der Waals surface area contributed by atoms with Crippen LogP contribution in [0.3, 0.4) is 0 Å². The van der Waals surface area contributed by atoms with E-state index in [9.17, 15) is 4.79 Å². The largest absolute Gasteiger partial charge is 0.302 e. The Bertz CT molecular complexity index is 718. The number of rotatable bonds is 2. The molecule has 1 N–H and O–H groups in total. The summed E-state index contributed by atoms with van der Waals surface area (Å²) in [6.45, 7) is 2.05. The van der Waals surface area contributed by atoms with Crippen molar-refractivity contribution < 1.29 is 4.79 Å². The van der Waals surface area contributed by atoms with E-state index >= 15 is 0 Å². The summed E-state index contributed by atoms with van der Waals surface area (Å²) >= 11 is 1.56. The lowest BCUT2D eigenvalue weighted by molar-refractivity contribution is -0.120. The molecule has 1 aromatic heterocycles. The second-order valence-corrected chi connectivity index (χ2v) is 6.85. The van der Waals surface area contributed by atoms with Crippen LogP contribution in [0.5, 0.6) is 0 Å². The van der Waals surface area contributed by atoms with Gasteiger partial charge in [-0.25, -0.2) is 4.98 Å². The average molecular weight is 284 g/mol. The minimum absolute atomic E-state index is 0.137. The molecule has 2 unspecified atom stereocenters. The number of anilines is 1. The van der Waals surface area contributed by atoms with Gasteiger partial charge in [-0.2, -0.15) is 0 Å². The number of fused-ring (bicyclic) bond motifs is 3. The Hall–Kier alpha value is -1.68. The van der Waals surface area contributed by atoms with Crippen LogP contribution in [0.25, 0.3) is 10.2 Å². The molecule has 0 aliphatic heterocycles. The van der Waals surface area contributed by atoms with Crippen LogP contribution in [-0.2, 0) is 4.79 Å². The van der Waals surface area contributed by atoms with Crippen LogP contribution < -0.4 is 5.32 Å². The first kappa shape index (κ1) is 12.1. The molecule has 2 aliphatic carbocycles. The number of para-hydroxylation sites is 1. The van der Waals surface area contributed by atoms with Gasteiger partial charge in [-0.1, -0.05) is 35.6 Å². The van der Waals surface area contributed by atoms with Gasteiger partial charge in [0.1, 0.15) is 0 Å². The third-order valence-corrected chi connectivity index (χ3v) is 5.40. The number of nitrogens with zero attached hydrogens (tertiary/aromatic N) is 1. The SMILES string of the molecule is Cc1cccc2sc(NC(=O)[C@H]3CC4C=CC3C4)nc12. The first-order valence-corrected chi connectivity index (χ1v) is 7.88. The Morgan fingerprint density at radius 1 is 1.35 bits per heavy atom. The average Bonchev–Trinajstić information content (AvgIpc) is 3.12. The lowest BCUT2D eigenvalue weighted by Crippen LogP contribution is -2.25. The van der Waals surface area contributed by atoms with Crippen molar-refractivity contribution in [2.45, 2.75) is 19.8 Å². The van der Waals surface area contributed by atoms with E-state index in [1.165, 1.54) is 0 Å². The maximum atomic E-state index is 12.4. The fraction of sp³-hybridized carbons (Fsp3) is 0.375. The summed E-state index contributed by atoms with van der Waals surface area (Å²) in [5.41, 5.74) is 2.16. The van der Waals surface area contributed by atoms with Crippen LogP contribution in [0.2, 0.25) is 0 Å². The number of thiazole rings is 1. The lowest BCUT2D eigenvalue weighted by atomic mass is 9.93. The second kappa shape index (κ2) is 4.42. The van der Waals surface area contributed by atoms with Crippen LogP contribution >= 0.6 is 11.3 Å². The second-order valence-electron chi connectivity index (χ2n) is 5.82. The number of aryl methyl sites for hydroxylation is 1. The number of allylic oxidation sites excluding steroid dienone is 2. The molecular formula is C16H16N2OS. The van der Waals surface area contributed by atoms with Gasteiger partial charge >= 0.3 is 0 Å². The monoisotopic (exact) mass is 284 g/mol. The molecule has 3 atom stereocenters. The number of hydrogen-bond donors (Lipinski definition) is 1. The quantitative estimate of drug-likeness (QED) is 0.853. The van der Waals surface area contributed by atoms with Gasteiger partial charge in [-0.3, -0.25) is 4.79 Å². The Labute approximate surface area is 121 Å². The van der Waals surface area contributed by atoms with Gasteiger partial charge in [0.05, 0.1) is 10.2 Å². The van der Waals surface area contributed by atoms with E-state index in [1.807, 2.05) is 19.1 Å². The molecule has 1 saturated carbocycles. The van der Waals surface area contributed by atoms with Crippen molar-refractivity contribution in [3.63, 3.8) is 0 Å². The maximum absolute atomic E-state index is 12.4. The Balaban J connectivity index is 1.57. The van der Waals surface area contributed by atoms with Crippen LogP contribution in [-0.4, -0.2) is 10.9 Å². The van der Waals surface area contributed by atoms with Gasteiger partial charge in [0, 0.05) is 5.92 Å². The van der Waals surface area contributed by atoms with E-state index in [0.717, 1.165) is 33.8 Å². The molecular weight excluding hydrogens is 268 g/mol. The summed E-state index contributed by atoms with van der Waals surface area (Å²) in [4.78, 5) is 16.9. The molecule has 1 aromatic carbocycles. The first-order valence-electron chi connectivity index (χ1n) is 7.06. The van der Waals surface area contributed by atoms with Crippen molar-refractivity contribution in [2.24, 2.45) is 17.8 Å². The molecule has 2 bridgehead atoms. The van der Waals surface area contributed by atoms with Gasteiger partial charge in [0.2, 0.25) is 5.91 Å². The molecule has 2 aromatic rings.